The molecule has 28 heavy (non-hydrogen) atoms. The van der Waals surface area contributed by atoms with Crippen LogP contribution in [0.3, 0.4) is 0 Å². The molecular weight excluding hydrogens is 350 g/mol. The van der Waals surface area contributed by atoms with E-state index >= 15 is 0 Å². The van der Waals surface area contributed by atoms with Crippen molar-refractivity contribution >= 4 is 11.5 Å². The van der Waals surface area contributed by atoms with Crippen LogP contribution in [0.1, 0.15) is 11.1 Å². The minimum Gasteiger partial charge on any atom is -0.454 e. The van der Waals surface area contributed by atoms with Crippen molar-refractivity contribution in [3.63, 3.8) is 0 Å². The number of fused-ring (bicyclic) bond motifs is 1. The Kier molecular flexibility index (Phi) is 3.90. The summed E-state index contributed by atoms with van der Waals surface area (Å²) in [4.78, 5) is 13.3. The summed E-state index contributed by atoms with van der Waals surface area (Å²) in [6, 6.07) is 25.4. The molecule has 0 amide bonds. The van der Waals surface area contributed by atoms with Crippen molar-refractivity contribution in [3.05, 3.63) is 102 Å². The molecule has 1 heterocycles. The normalized spacial score (nSPS) is 19.0. The molecule has 0 bridgehead atoms. The van der Waals surface area contributed by atoms with E-state index in [4.69, 9.17) is 9.47 Å². The van der Waals surface area contributed by atoms with Crippen LogP contribution in [0.5, 0.6) is 11.5 Å². The third-order valence-electron chi connectivity index (χ3n) is 5.45. The maximum Gasteiger partial charge on any atom is 0.231 e. The second-order valence-electron chi connectivity index (χ2n) is 6.95. The number of nitrogens with one attached hydrogen (secondary N) is 1. The number of ether oxygens (including phenoxy) is 2. The van der Waals surface area contributed by atoms with Crippen LogP contribution in [0.15, 0.2) is 91.0 Å². The van der Waals surface area contributed by atoms with E-state index in [2.05, 4.69) is 5.32 Å². The molecule has 0 fully saturated rings. The van der Waals surface area contributed by atoms with E-state index in [1.807, 2.05) is 84.9 Å². The quantitative estimate of drug-likeness (QED) is 0.744. The molecule has 0 spiro atoms. The zero-order valence-corrected chi connectivity index (χ0v) is 15.2. The molecule has 0 saturated heterocycles. The molecule has 1 N–H and O–H groups in total. The monoisotopic (exact) mass is 369 g/mol. The molecule has 5 rings (SSSR count). The van der Waals surface area contributed by atoms with Gasteiger partial charge < -0.3 is 14.8 Å². The lowest BCUT2D eigenvalue weighted by atomic mass is 9.69. The fourth-order valence-electron chi connectivity index (χ4n) is 4.15. The molecule has 1 atom stereocenters. The molecular formula is C24H19NO3. The van der Waals surface area contributed by atoms with Crippen LogP contribution in [0.25, 0.3) is 0 Å². The summed E-state index contributed by atoms with van der Waals surface area (Å²) in [6.45, 7) is 0.235. The molecule has 0 saturated carbocycles. The van der Waals surface area contributed by atoms with Crippen molar-refractivity contribution in [2.75, 3.05) is 12.1 Å². The molecule has 4 nitrogen and oxygen atoms in total. The van der Waals surface area contributed by atoms with Crippen LogP contribution in [-0.2, 0) is 10.2 Å². The van der Waals surface area contributed by atoms with Gasteiger partial charge in [0.15, 0.2) is 17.3 Å². The van der Waals surface area contributed by atoms with Crippen LogP contribution >= 0.6 is 0 Å². The van der Waals surface area contributed by atoms with Crippen LogP contribution in [0.4, 0.5) is 5.69 Å². The third kappa shape index (κ3) is 2.49. The highest BCUT2D eigenvalue weighted by molar-refractivity contribution is 6.06. The fraction of sp³-hybridized carbons (Fsp3) is 0.125. The molecule has 3 aromatic carbocycles. The van der Waals surface area contributed by atoms with Gasteiger partial charge in [0.05, 0.1) is 6.04 Å². The topological polar surface area (TPSA) is 47.6 Å². The highest BCUT2D eigenvalue weighted by Gasteiger charge is 2.49. The number of allylic oxidation sites excluding steroid dienone is 1. The number of hydrogen-bond donors (Lipinski definition) is 1. The first-order chi connectivity index (χ1) is 13.8. The van der Waals surface area contributed by atoms with Gasteiger partial charge in [-0.3, -0.25) is 4.79 Å². The Morgan fingerprint density at radius 2 is 1.46 bits per heavy atom. The Hall–Kier alpha value is -3.53. The van der Waals surface area contributed by atoms with Crippen molar-refractivity contribution in [2.24, 2.45) is 0 Å². The van der Waals surface area contributed by atoms with E-state index in [0.717, 1.165) is 22.6 Å². The van der Waals surface area contributed by atoms with Gasteiger partial charge in [-0.25, -0.2) is 0 Å². The number of benzene rings is 3. The molecule has 0 radical (unpaired) electrons. The minimum absolute atomic E-state index is 0.0724. The van der Waals surface area contributed by atoms with Crippen molar-refractivity contribution in [1.29, 1.82) is 0 Å². The van der Waals surface area contributed by atoms with E-state index in [-0.39, 0.29) is 18.6 Å². The zero-order chi connectivity index (χ0) is 19.0. The third-order valence-corrected chi connectivity index (χ3v) is 5.45. The largest absolute Gasteiger partial charge is 0.454 e. The fourth-order valence-corrected chi connectivity index (χ4v) is 4.15. The number of rotatable bonds is 4. The first-order valence-electron chi connectivity index (χ1n) is 9.28. The summed E-state index contributed by atoms with van der Waals surface area (Å²) in [5, 5.41) is 3.55. The second-order valence-corrected chi connectivity index (χ2v) is 6.95. The van der Waals surface area contributed by atoms with E-state index in [1.54, 1.807) is 6.08 Å². The number of anilines is 1. The molecule has 1 aliphatic heterocycles. The summed E-state index contributed by atoms with van der Waals surface area (Å²) in [7, 11) is 0. The van der Waals surface area contributed by atoms with Gasteiger partial charge in [0, 0.05) is 11.8 Å². The number of carbonyl (C=O) groups excluding carboxylic acids is 1. The van der Waals surface area contributed by atoms with E-state index < -0.39 is 5.41 Å². The first-order valence-corrected chi connectivity index (χ1v) is 9.28. The summed E-state index contributed by atoms with van der Waals surface area (Å²) in [5.74, 6) is 1.52. The standard InChI is InChI=1S/C24H19NO3/c26-23-14-13-22(25-19-11-12-20-21(15-19)28-16-27-20)24(23,17-7-3-1-4-8-17)18-9-5-2-6-10-18/h1-15,22,25H,16H2/t22-/m1/s1. The Labute approximate surface area is 163 Å². The molecule has 4 heteroatoms. The lowest BCUT2D eigenvalue weighted by Gasteiger charge is -2.36. The average Bonchev–Trinajstić information content (AvgIpc) is 3.34. The zero-order valence-electron chi connectivity index (χ0n) is 15.2. The summed E-state index contributed by atoms with van der Waals surface area (Å²) >= 11 is 0. The molecule has 138 valence electrons. The predicted molar refractivity (Wildman–Crippen MR) is 108 cm³/mol. The Morgan fingerprint density at radius 3 is 2.14 bits per heavy atom. The van der Waals surface area contributed by atoms with Gasteiger partial charge in [-0.1, -0.05) is 66.7 Å². The molecule has 0 unspecified atom stereocenters. The van der Waals surface area contributed by atoms with Crippen LogP contribution in [0, 0.1) is 0 Å². The van der Waals surface area contributed by atoms with Crippen molar-refractivity contribution in [2.45, 2.75) is 11.5 Å². The van der Waals surface area contributed by atoms with E-state index in [1.165, 1.54) is 0 Å². The molecule has 2 aliphatic rings. The number of hydrogen-bond acceptors (Lipinski definition) is 4. The molecule has 1 aliphatic carbocycles. The summed E-state index contributed by atoms with van der Waals surface area (Å²) < 4.78 is 10.9. The van der Waals surface area contributed by atoms with Crippen LogP contribution < -0.4 is 14.8 Å². The van der Waals surface area contributed by atoms with Gasteiger partial charge in [-0.05, 0) is 29.3 Å². The lowest BCUT2D eigenvalue weighted by Crippen LogP contribution is -2.46. The Balaban J connectivity index is 1.61. The maximum absolute atomic E-state index is 13.3. The summed E-state index contributed by atoms with van der Waals surface area (Å²) in [5.41, 5.74) is 1.99. The Bertz CT molecular complexity index is 1000. The summed E-state index contributed by atoms with van der Waals surface area (Å²) in [6.07, 6.45) is 3.64. The maximum atomic E-state index is 13.3. The highest BCUT2D eigenvalue weighted by Crippen LogP contribution is 2.43. The minimum atomic E-state index is -0.821. The SMILES string of the molecule is O=C1C=C[C@@H](Nc2ccc3c(c2)OCO3)C1(c1ccccc1)c1ccccc1. The van der Waals surface area contributed by atoms with Crippen molar-refractivity contribution in [1.82, 2.24) is 0 Å². The van der Waals surface area contributed by atoms with Gasteiger partial charge in [-0.2, -0.15) is 0 Å². The molecule has 3 aromatic rings. The smallest absolute Gasteiger partial charge is 0.231 e. The van der Waals surface area contributed by atoms with Gasteiger partial charge >= 0.3 is 0 Å². The van der Waals surface area contributed by atoms with Crippen molar-refractivity contribution in [3.8, 4) is 11.5 Å². The van der Waals surface area contributed by atoms with Gasteiger partial charge in [-0.15, -0.1) is 0 Å². The van der Waals surface area contributed by atoms with Gasteiger partial charge in [0.1, 0.15) is 5.41 Å². The second kappa shape index (κ2) is 6.57. The van der Waals surface area contributed by atoms with Crippen molar-refractivity contribution < 1.29 is 14.3 Å². The van der Waals surface area contributed by atoms with Gasteiger partial charge in [0.2, 0.25) is 6.79 Å². The number of ketones is 1. The van der Waals surface area contributed by atoms with Gasteiger partial charge in [0.25, 0.3) is 0 Å². The Morgan fingerprint density at radius 1 is 0.821 bits per heavy atom. The molecule has 0 aromatic heterocycles. The first kappa shape index (κ1) is 16.6. The average molecular weight is 369 g/mol. The van der Waals surface area contributed by atoms with E-state index in [9.17, 15) is 4.79 Å². The highest BCUT2D eigenvalue weighted by atomic mass is 16.7. The van der Waals surface area contributed by atoms with Crippen LogP contribution in [0.2, 0.25) is 0 Å². The van der Waals surface area contributed by atoms with Crippen LogP contribution in [-0.4, -0.2) is 18.6 Å². The predicted octanol–water partition coefficient (Wildman–Crippen LogP) is 4.32. The lowest BCUT2D eigenvalue weighted by molar-refractivity contribution is -0.117. The van der Waals surface area contributed by atoms with E-state index in [0.29, 0.717) is 5.75 Å². The number of carbonyl (C=O) groups is 1.